The second-order valence-corrected chi connectivity index (χ2v) is 5.33. The molecule has 18 heavy (non-hydrogen) atoms. The van der Waals surface area contributed by atoms with E-state index in [4.69, 9.17) is 5.73 Å². The number of nitrogen functional groups attached to an aromatic ring is 1. The van der Waals surface area contributed by atoms with Crippen LogP contribution >= 0.6 is 0 Å². The Balaban J connectivity index is 1.87. The fourth-order valence-electron chi connectivity index (χ4n) is 2.69. The summed E-state index contributed by atoms with van der Waals surface area (Å²) in [5.74, 6) is 0. The van der Waals surface area contributed by atoms with E-state index in [0.717, 1.165) is 5.69 Å². The second-order valence-electron chi connectivity index (χ2n) is 5.33. The van der Waals surface area contributed by atoms with Gasteiger partial charge in [-0.15, -0.1) is 0 Å². The maximum Gasteiger partial charge on any atom is 0.0373 e. The number of rotatable bonds is 4. The van der Waals surface area contributed by atoms with Gasteiger partial charge in [0.25, 0.3) is 0 Å². The summed E-state index contributed by atoms with van der Waals surface area (Å²) in [5, 5.41) is 3.66. The van der Waals surface area contributed by atoms with Gasteiger partial charge in [-0.1, -0.05) is 6.92 Å². The molecule has 0 atom stereocenters. The van der Waals surface area contributed by atoms with E-state index in [2.05, 4.69) is 30.1 Å². The van der Waals surface area contributed by atoms with E-state index in [-0.39, 0.29) is 0 Å². The number of likely N-dealkylation sites (tertiary alicyclic amines) is 1. The molecule has 100 valence electrons. The lowest BCUT2D eigenvalue weighted by atomic mass is 10.0. The number of aryl methyl sites for hydroxylation is 1. The molecule has 1 aromatic rings. The first-order valence-corrected chi connectivity index (χ1v) is 7.04. The topological polar surface area (TPSA) is 41.3 Å². The highest BCUT2D eigenvalue weighted by atomic mass is 15.1. The minimum absolute atomic E-state index is 0.612. The van der Waals surface area contributed by atoms with Crippen molar-refractivity contribution in [2.24, 2.45) is 0 Å². The summed E-state index contributed by atoms with van der Waals surface area (Å²) in [6.45, 7) is 8.06. The third kappa shape index (κ3) is 3.39. The van der Waals surface area contributed by atoms with Gasteiger partial charge < -0.3 is 16.0 Å². The number of hydrogen-bond acceptors (Lipinski definition) is 3. The molecule has 1 fully saturated rings. The molecular weight excluding hydrogens is 222 g/mol. The third-order valence-corrected chi connectivity index (χ3v) is 3.74. The monoisotopic (exact) mass is 247 g/mol. The fourth-order valence-corrected chi connectivity index (χ4v) is 2.69. The van der Waals surface area contributed by atoms with Gasteiger partial charge in [-0.05, 0) is 56.5 Å². The van der Waals surface area contributed by atoms with Crippen LogP contribution in [0, 0.1) is 6.92 Å². The molecule has 3 heteroatoms. The maximum absolute atomic E-state index is 5.78. The summed E-state index contributed by atoms with van der Waals surface area (Å²) in [5.41, 5.74) is 9.10. The Bertz CT molecular complexity index is 381. The summed E-state index contributed by atoms with van der Waals surface area (Å²) in [4.78, 5) is 2.56. The third-order valence-electron chi connectivity index (χ3n) is 3.74. The van der Waals surface area contributed by atoms with Crippen LogP contribution in [0.1, 0.15) is 31.7 Å². The van der Waals surface area contributed by atoms with E-state index in [0.29, 0.717) is 6.04 Å². The van der Waals surface area contributed by atoms with Gasteiger partial charge in [0.05, 0.1) is 0 Å². The van der Waals surface area contributed by atoms with Gasteiger partial charge >= 0.3 is 0 Å². The van der Waals surface area contributed by atoms with E-state index < -0.39 is 0 Å². The molecular formula is C15H25N3. The van der Waals surface area contributed by atoms with Gasteiger partial charge in [-0.2, -0.15) is 0 Å². The number of nitrogens with two attached hydrogens (primary N) is 1. The summed E-state index contributed by atoms with van der Waals surface area (Å²) < 4.78 is 0. The lowest BCUT2D eigenvalue weighted by molar-refractivity contribution is 0.219. The van der Waals surface area contributed by atoms with Crippen molar-refractivity contribution in [3.8, 4) is 0 Å². The highest BCUT2D eigenvalue weighted by Crippen LogP contribution is 2.21. The standard InChI is InChI=1S/C15H25N3/c1-3-8-18-9-6-14(7-10-18)17-15-5-4-13(16)11-12(15)2/h4-5,11,14,17H,3,6-10,16H2,1-2H3. The Morgan fingerprint density at radius 2 is 2.06 bits per heavy atom. The van der Waals surface area contributed by atoms with E-state index in [1.807, 2.05) is 12.1 Å². The van der Waals surface area contributed by atoms with Gasteiger partial charge in [0, 0.05) is 30.5 Å². The van der Waals surface area contributed by atoms with Crippen molar-refractivity contribution in [3.05, 3.63) is 23.8 Å². The van der Waals surface area contributed by atoms with Gasteiger partial charge in [-0.25, -0.2) is 0 Å². The predicted octanol–water partition coefficient (Wildman–Crippen LogP) is 2.86. The van der Waals surface area contributed by atoms with Crippen LogP contribution in [0.4, 0.5) is 11.4 Å². The molecule has 0 spiro atoms. The van der Waals surface area contributed by atoms with Crippen molar-refractivity contribution in [2.75, 3.05) is 30.7 Å². The summed E-state index contributed by atoms with van der Waals surface area (Å²) in [6, 6.07) is 6.72. The summed E-state index contributed by atoms with van der Waals surface area (Å²) in [6.07, 6.45) is 3.74. The Labute approximate surface area is 110 Å². The van der Waals surface area contributed by atoms with Crippen LogP contribution in [0.3, 0.4) is 0 Å². The first-order valence-electron chi connectivity index (χ1n) is 7.04. The van der Waals surface area contributed by atoms with E-state index in [9.17, 15) is 0 Å². The fraction of sp³-hybridized carbons (Fsp3) is 0.600. The van der Waals surface area contributed by atoms with Crippen molar-refractivity contribution >= 4 is 11.4 Å². The molecule has 0 radical (unpaired) electrons. The lowest BCUT2D eigenvalue weighted by Gasteiger charge is -2.33. The predicted molar refractivity (Wildman–Crippen MR) is 79.0 cm³/mol. The summed E-state index contributed by atoms with van der Waals surface area (Å²) >= 11 is 0. The van der Waals surface area contributed by atoms with Gasteiger partial charge in [-0.3, -0.25) is 0 Å². The average Bonchev–Trinajstić information content (AvgIpc) is 2.35. The Kier molecular flexibility index (Phi) is 4.48. The smallest absolute Gasteiger partial charge is 0.0373 e. The van der Waals surface area contributed by atoms with Crippen LogP contribution in [0.2, 0.25) is 0 Å². The van der Waals surface area contributed by atoms with Gasteiger partial charge in [0.2, 0.25) is 0 Å². The molecule has 2 rings (SSSR count). The zero-order valence-corrected chi connectivity index (χ0v) is 11.6. The lowest BCUT2D eigenvalue weighted by Crippen LogP contribution is -2.39. The minimum Gasteiger partial charge on any atom is -0.399 e. The highest BCUT2D eigenvalue weighted by molar-refractivity contribution is 5.57. The van der Waals surface area contributed by atoms with Gasteiger partial charge in [0.15, 0.2) is 0 Å². The number of nitrogens with zero attached hydrogens (tertiary/aromatic N) is 1. The Hall–Kier alpha value is -1.22. The SMILES string of the molecule is CCCN1CCC(Nc2ccc(N)cc2C)CC1. The molecule has 3 N–H and O–H groups in total. The molecule has 1 heterocycles. The molecule has 1 aliphatic heterocycles. The number of hydrogen-bond donors (Lipinski definition) is 2. The van der Waals surface area contributed by atoms with Crippen LogP contribution < -0.4 is 11.1 Å². The molecule has 3 nitrogen and oxygen atoms in total. The van der Waals surface area contributed by atoms with Crippen molar-refractivity contribution in [2.45, 2.75) is 39.2 Å². The maximum atomic E-state index is 5.78. The first-order chi connectivity index (χ1) is 8.69. The van der Waals surface area contributed by atoms with Crippen LogP contribution in [-0.2, 0) is 0 Å². The number of nitrogens with one attached hydrogen (secondary N) is 1. The molecule has 0 aliphatic carbocycles. The normalized spacial score (nSPS) is 17.9. The number of anilines is 2. The molecule has 0 bridgehead atoms. The number of piperidine rings is 1. The van der Waals surface area contributed by atoms with Crippen molar-refractivity contribution in [1.82, 2.24) is 4.90 Å². The molecule has 1 saturated heterocycles. The van der Waals surface area contributed by atoms with E-state index in [1.165, 1.54) is 50.1 Å². The Morgan fingerprint density at radius 1 is 1.33 bits per heavy atom. The van der Waals surface area contributed by atoms with Crippen molar-refractivity contribution < 1.29 is 0 Å². The van der Waals surface area contributed by atoms with Crippen LogP contribution in [0.5, 0.6) is 0 Å². The minimum atomic E-state index is 0.612. The van der Waals surface area contributed by atoms with Crippen LogP contribution in [-0.4, -0.2) is 30.6 Å². The quantitative estimate of drug-likeness (QED) is 0.804. The number of benzene rings is 1. The van der Waals surface area contributed by atoms with Gasteiger partial charge in [0.1, 0.15) is 0 Å². The molecule has 0 amide bonds. The largest absolute Gasteiger partial charge is 0.399 e. The summed E-state index contributed by atoms with van der Waals surface area (Å²) in [7, 11) is 0. The Morgan fingerprint density at radius 3 is 2.67 bits per heavy atom. The molecule has 0 aromatic heterocycles. The average molecular weight is 247 g/mol. The second kappa shape index (κ2) is 6.10. The highest BCUT2D eigenvalue weighted by Gasteiger charge is 2.18. The zero-order chi connectivity index (χ0) is 13.0. The van der Waals surface area contributed by atoms with Crippen molar-refractivity contribution in [1.29, 1.82) is 0 Å². The molecule has 0 unspecified atom stereocenters. The van der Waals surface area contributed by atoms with Crippen molar-refractivity contribution in [3.63, 3.8) is 0 Å². The molecule has 0 saturated carbocycles. The molecule has 1 aromatic carbocycles. The molecule has 1 aliphatic rings. The van der Waals surface area contributed by atoms with E-state index in [1.54, 1.807) is 0 Å². The van der Waals surface area contributed by atoms with E-state index >= 15 is 0 Å². The first kappa shape index (κ1) is 13.2. The van der Waals surface area contributed by atoms with Crippen LogP contribution in [0.15, 0.2) is 18.2 Å². The van der Waals surface area contributed by atoms with Crippen LogP contribution in [0.25, 0.3) is 0 Å². The zero-order valence-electron chi connectivity index (χ0n) is 11.6.